The molecule has 6 atom stereocenters. The van der Waals surface area contributed by atoms with Gasteiger partial charge in [-0.3, -0.25) is 14.4 Å². The average molecular weight is 344 g/mol. The largest absolute Gasteiger partial charge is 0.381 e. The third kappa shape index (κ3) is 2.00. The number of aliphatic hydroxyl groups is 1. The summed E-state index contributed by atoms with van der Waals surface area (Å²) in [6.45, 7) is 5.64. The number of carbonyl (C=O) groups is 3. The highest BCUT2D eigenvalue weighted by atomic mass is 16.3. The summed E-state index contributed by atoms with van der Waals surface area (Å²) in [6, 6.07) is 0. The molecule has 0 heterocycles. The molecular formula is C21H28O4. The van der Waals surface area contributed by atoms with Crippen molar-refractivity contribution in [2.45, 2.75) is 71.3 Å². The van der Waals surface area contributed by atoms with Gasteiger partial charge in [0.2, 0.25) is 0 Å². The van der Waals surface area contributed by atoms with Crippen LogP contribution in [0.15, 0.2) is 11.6 Å². The number of carbonyl (C=O) groups excluding carboxylic acids is 3. The van der Waals surface area contributed by atoms with E-state index in [4.69, 9.17) is 0 Å². The molecule has 3 fully saturated rings. The molecule has 0 bridgehead atoms. The zero-order valence-corrected chi connectivity index (χ0v) is 15.4. The third-order valence-corrected chi connectivity index (χ3v) is 8.44. The maximum Gasteiger partial charge on any atom is 0.162 e. The van der Waals surface area contributed by atoms with Crippen molar-refractivity contribution in [1.29, 1.82) is 0 Å². The summed E-state index contributed by atoms with van der Waals surface area (Å²) in [5.41, 5.74) is -0.880. The molecule has 0 spiro atoms. The molecular weight excluding hydrogens is 316 g/mol. The van der Waals surface area contributed by atoms with Crippen molar-refractivity contribution in [2.75, 3.05) is 0 Å². The Balaban J connectivity index is 1.75. The summed E-state index contributed by atoms with van der Waals surface area (Å²) in [5, 5.41) is 11.1. The monoisotopic (exact) mass is 344 g/mol. The van der Waals surface area contributed by atoms with Gasteiger partial charge in [-0.05, 0) is 62.4 Å². The molecule has 4 nitrogen and oxygen atoms in total. The number of rotatable bonds is 1. The molecule has 0 amide bonds. The summed E-state index contributed by atoms with van der Waals surface area (Å²) in [6.07, 6.45) is 6.67. The van der Waals surface area contributed by atoms with Gasteiger partial charge >= 0.3 is 0 Å². The van der Waals surface area contributed by atoms with E-state index in [0.717, 1.165) is 25.7 Å². The van der Waals surface area contributed by atoms with Crippen LogP contribution in [0.3, 0.4) is 0 Å². The summed E-state index contributed by atoms with van der Waals surface area (Å²) in [7, 11) is 0. The average Bonchev–Trinajstić information content (AvgIpc) is 2.75. The highest BCUT2D eigenvalue weighted by molar-refractivity contribution is 5.98. The SMILES string of the molecule is CC(=O)[C@@]1(O)CC(=O)[C@H]2[C@@H]3CCC4=CC(=O)CC[C@]4(C)[C@H]3CC[C@@]21C. The lowest BCUT2D eigenvalue weighted by Crippen LogP contribution is -2.57. The molecule has 0 saturated heterocycles. The number of Topliss-reactive ketones (excluding diaryl/α,β-unsaturated/α-hetero) is 2. The standard InChI is InChI=1S/C21H28O4/c1-12(22)21(25)11-17(24)18-15-5-4-13-10-14(23)6-8-19(13,2)16(15)7-9-20(18,21)3/h10,15-16,18,25H,4-9,11H2,1-3H3/t15-,16+,18-,19+,20+,21+/m1/s1. The first-order chi connectivity index (χ1) is 11.6. The third-order valence-electron chi connectivity index (χ3n) is 8.44. The molecule has 3 saturated carbocycles. The molecule has 0 aromatic rings. The summed E-state index contributed by atoms with van der Waals surface area (Å²) in [5.74, 6) is 0.394. The highest BCUT2D eigenvalue weighted by Gasteiger charge is 2.68. The molecule has 0 aromatic heterocycles. The van der Waals surface area contributed by atoms with E-state index in [1.807, 2.05) is 13.0 Å². The fourth-order valence-electron chi connectivity index (χ4n) is 6.92. The molecule has 4 aliphatic rings. The van der Waals surface area contributed by atoms with Gasteiger partial charge in [-0.1, -0.05) is 19.4 Å². The predicted molar refractivity (Wildman–Crippen MR) is 92.7 cm³/mol. The topological polar surface area (TPSA) is 71.4 Å². The van der Waals surface area contributed by atoms with Crippen LogP contribution in [0.1, 0.15) is 65.7 Å². The van der Waals surface area contributed by atoms with Crippen molar-refractivity contribution in [3.05, 3.63) is 11.6 Å². The quantitative estimate of drug-likeness (QED) is 0.794. The van der Waals surface area contributed by atoms with Gasteiger partial charge in [-0.25, -0.2) is 0 Å². The molecule has 0 unspecified atom stereocenters. The zero-order chi connectivity index (χ0) is 18.2. The van der Waals surface area contributed by atoms with Crippen LogP contribution in [0, 0.1) is 28.6 Å². The molecule has 136 valence electrons. The molecule has 25 heavy (non-hydrogen) atoms. The Kier molecular flexibility index (Phi) is 3.51. The Labute approximate surface area is 149 Å². The molecule has 0 radical (unpaired) electrons. The normalized spacial score (nSPS) is 49.1. The van der Waals surface area contributed by atoms with Gasteiger partial charge in [0.15, 0.2) is 11.6 Å². The van der Waals surface area contributed by atoms with Crippen LogP contribution in [0.4, 0.5) is 0 Å². The fourth-order valence-corrected chi connectivity index (χ4v) is 6.92. The van der Waals surface area contributed by atoms with Crippen LogP contribution in [0.25, 0.3) is 0 Å². The van der Waals surface area contributed by atoms with E-state index < -0.39 is 11.0 Å². The van der Waals surface area contributed by atoms with Crippen LogP contribution in [-0.4, -0.2) is 28.1 Å². The molecule has 4 aliphatic carbocycles. The van der Waals surface area contributed by atoms with Crippen LogP contribution in [0.2, 0.25) is 0 Å². The lowest BCUT2D eigenvalue weighted by molar-refractivity contribution is -0.160. The van der Waals surface area contributed by atoms with E-state index in [2.05, 4.69) is 6.92 Å². The molecule has 0 aromatic carbocycles. The smallest absolute Gasteiger partial charge is 0.162 e. The minimum Gasteiger partial charge on any atom is -0.381 e. The van der Waals surface area contributed by atoms with Crippen molar-refractivity contribution in [2.24, 2.45) is 28.6 Å². The lowest BCUT2D eigenvalue weighted by Gasteiger charge is -2.58. The number of fused-ring (bicyclic) bond motifs is 5. The van der Waals surface area contributed by atoms with Gasteiger partial charge in [0, 0.05) is 24.2 Å². The number of allylic oxidation sites excluding steroid dienone is 1. The minimum atomic E-state index is -1.50. The first kappa shape index (κ1) is 17.1. The van der Waals surface area contributed by atoms with Crippen LogP contribution in [0.5, 0.6) is 0 Å². The molecule has 0 aliphatic heterocycles. The highest BCUT2D eigenvalue weighted by Crippen LogP contribution is 2.66. The molecule has 4 heteroatoms. The second-order valence-electron chi connectivity index (χ2n) is 9.36. The first-order valence-electron chi connectivity index (χ1n) is 9.63. The molecule has 4 rings (SSSR count). The van der Waals surface area contributed by atoms with Crippen LogP contribution >= 0.6 is 0 Å². The van der Waals surface area contributed by atoms with E-state index in [1.54, 1.807) is 0 Å². The summed E-state index contributed by atoms with van der Waals surface area (Å²) in [4.78, 5) is 37.0. The second kappa shape index (κ2) is 5.12. The number of hydrogen-bond acceptors (Lipinski definition) is 4. The first-order valence-corrected chi connectivity index (χ1v) is 9.63. The predicted octanol–water partition coefficient (Wildman–Crippen LogP) is 3.02. The van der Waals surface area contributed by atoms with E-state index >= 15 is 0 Å². The number of ketones is 3. The fraction of sp³-hybridized carbons (Fsp3) is 0.762. The second-order valence-corrected chi connectivity index (χ2v) is 9.36. The van der Waals surface area contributed by atoms with Crippen molar-refractivity contribution in [3.63, 3.8) is 0 Å². The van der Waals surface area contributed by atoms with Crippen molar-refractivity contribution in [3.8, 4) is 0 Å². The Morgan fingerprint density at radius 2 is 1.88 bits per heavy atom. The Bertz CT molecular complexity index is 707. The minimum absolute atomic E-state index is 0.00460. The maximum absolute atomic E-state index is 12.9. The van der Waals surface area contributed by atoms with E-state index in [1.165, 1.54) is 12.5 Å². The lowest BCUT2D eigenvalue weighted by atomic mass is 9.46. The van der Waals surface area contributed by atoms with Crippen molar-refractivity contribution >= 4 is 17.3 Å². The van der Waals surface area contributed by atoms with Crippen molar-refractivity contribution in [1.82, 2.24) is 0 Å². The van der Waals surface area contributed by atoms with E-state index in [0.29, 0.717) is 18.8 Å². The van der Waals surface area contributed by atoms with Gasteiger partial charge in [-0.2, -0.15) is 0 Å². The van der Waals surface area contributed by atoms with Gasteiger partial charge < -0.3 is 5.11 Å². The number of hydrogen-bond donors (Lipinski definition) is 1. The van der Waals surface area contributed by atoms with Gasteiger partial charge in [0.25, 0.3) is 0 Å². The Hall–Kier alpha value is -1.29. The molecule has 1 N–H and O–H groups in total. The Morgan fingerprint density at radius 3 is 2.56 bits per heavy atom. The van der Waals surface area contributed by atoms with Crippen LogP contribution < -0.4 is 0 Å². The van der Waals surface area contributed by atoms with Gasteiger partial charge in [-0.15, -0.1) is 0 Å². The summed E-state index contributed by atoms with van der Waals surface area (Å²) >= 11 is 0. The van der Waals surface area contributed by atoms with E-state index in [9.17, 15) is 19.5 Å². The maximum atomic E-state index is 12.9. The van der Waals surface area contributed by atoms with Crippen LogP contribution in [-0.2, 0) is 14.4 Å². The summed E-state index contributed by atoms with van der Waals surface area (Å²) < 4.78 is 0. The van der Waals surface area contributed by atoms with Gasteiger partial charge in [0.05, 0.1) is 0 Å². The van der Waals surface area contributed by atoms with Crippen molar-refractivity contribution < 1.29 is 19.5 Å². The van der Waals surface area contributed by atoms with E-state index in [-0.39, 0.29) is 41.0 Å². The Morgan fingerprint density at radius 1 is 1.16 bits per heavy atom. The zero-order valence-electron chi connectivity index (χ0n) is 15.4. The van der Waals surface area contributed by atoms with Gasteiger partial charge in [0.1, 0.15) is 11.4 Å².